The number of amides is 2. The molecule has 0 spiro atoms. The highest BCUT2D eigenvalue weighted by Gasteiger charge is 2.56. The third-order valence-corrected chi connectivity index (χ3v) is 13.5. The van der Waals surface area contributed by atoms with Crippen molar-refractivity contribution < 1.29 is 48.1 Å². The lowest BCUT2D eigenvalue weighted by Crippen LogP contribution is -3.00. The maximum absolute atomic E-state index is 13.6. The lowest BCUT2D eigenvalue weighted by molar-refractivity contribution is -0.143. The number of carbonyl (C=O) groups is 1. The third kappa shape index (κ3) is 7.30. The molecule has 0 radical (unpaired) electrons. The standard InChI is InChI=1S/C37H29F6N2OP.BrH/c38-36(39,40)27-21-28(37(41,42)43)23-29(22-27)44-35(46)45-34-32-19-11-10-14-26(32)20-33(34)47(30-15-6-2-7-16-30,31-17-8-3-9-18-31)24-25-12-4-1-5-13-25;/h1-19,21-23,33-34H,20,24H2,(H-,44,45,46);1H/t33-,34-;/m0./s1. The molecule has 1 aliphatic carbocycles. The molecule has 248 valence electrons. The van der Waals surface area contributed by atoms with Gasteiger partial charge in [0.15, 0.2) is 0 Å². The Kier molecular flexibility index (Phi) is 10.4. The molecule has 0 bridgehead atoms. The van der Waals surface area contributed by atoms with E-state index in [9.17, 15) is 31.1 Å². The van der Waals surface area contributed by atoms with Crippen molar-refractivity contribution in [3.8, 4) is 0 Å². The number of carbonyl (C=O) groups excluding carboxylic acids is 1. The van der Waals surface area contributed by atoms with Crippen molar-refractivity contribution in [2.24, 2.45) is 0 Å². The van der Waals surface area contributed by atoms with Crippen molar-refractivity contribution in [2.75, 3.05) is 5.32 Å². The van der Waals surface area contributed by atoms with Gasteiger partial charge >= 0.3 is 18.4 Å². The van der Waals surface area contributed by atoms with Gasteiger partial charge in [-0.1, -0.05) is 91.0 Å². The van der Waals surface area contributed by atoms with Gasteiger partial charge in [-0.15, -0.1) is 0 Å². The van der Waals surface area contributed by atoms with Crippen LogP contribution < -0.4 is 38.2 Å². The molecule has 2 atom stereocenters. The monoisotopic (exact) mass is 742 g/mol. The van der Waals surface area contributed by atoms with E-state index in [0.29, 0.717) is 24.7 Å². The topological polar surface area (TPSA) is 41.1 Å². The lowest BCUT2D eigenvalue weighted by Gasteiger charge is -2.36. The van der Waals surface area contributed by atoms with Gasteiger partial charge in [-0.2, -0.15) is 26.3 Å². The molecule has 6 rings (SSSR count). The number of urea groups is 1. The summed E-state index contributed by atoms with van der Waals surface area (Å²) >= 11 is 0. The molecule has 48 heavy (non-hydrogen) atoms. The van der Waals surface area contributed by atoms with Crippen LogP contribution in [-0.2, 0) is 24.9 Å². The Morgan fingerprint density at radius 3 is 1.67 bits per heavy atom. The summed E-state index contributed by atoms with van der Waals surface area (Å²) in [6.45, 7) is 0. The molecule has 5 aromatic carbocycles. The van der Waals surface area contributed by atoms with E-state index in [1.165, 1.54) is 0 Å². The quantitative estimate of drug-likeness (QED) is 0.148. The van der Waals surface area contributed by atoms with E-state index in [1.54, 1.807) is 0 Å². The highest BCUT2D eigenvalue weighted by Crippen LogP contribution is 2.68. The molecule has 0 aliphatic heterocycles. The first-order valence-corrected chi connectivity index (χ1v) is 17.0. The minimum Gasteiger partial charge on any atom is -1.00 e. The maximum atomic E-state index is 13.6. The number of benzene rings is 5. The van der Waals surface area contributed by atoms with Crippen LogP contribution in [0.2, 0.25) is 0 Å². The molecule has 0 heterocycles. The second-order valence-electron chi connectivity index (χ2n) is 11.5. The molecule has 11 heteroatoms. The Labute approximate surface area is 285 Å². The molecule has 5 aromatic rings. The van der Waals surface area contributed by atoms with Gasteiger partial charge in [-0.25, -0.2) is 4.79 Å². The van der Waals surface area contributed by atoms with Gasteiger partial charge in [0.1, 0.15) is 5.66 Å². The van der Waals surface area contributed by atoms with Gasteiger partial charge in [-0.3, -0.25) is 0 Å². The Bertz CT molecular complexity index is 1780. The number of halogens is 7. The Morgan fingerprint density at radius 1 is 0.667 bits per heavy atom. The van der Waals surface area contributed by atoms with Gasteiger partial charge in [0.05, 0.1) is 41.2 Å². The van der Waals surface area contributed by atoms with Crippen molar-refractivity contribution in [3.05, 3.63) is 161 Å². The molecule has 0 aromatic heterocycles. The fourth-order valence-corrected chi connectivity index (χ4v) is 11.7. The van der Waals surface area contributed by atoms with Crippen LogP contribution in [0.5, 0.6) is 0 Å². The van der Waals surface area contributed by atoms with Crippen LogP contribution in [-0.4, -0.2) is 11.7 Å². The predicted octanol–water partition coefficient (Wildman–Crippen LogP) is 6.38. The highest BCUT2D eigenvalue weighted by molar-refractivity contribution is 7.89. The van der Waals surface area contributed by atoms with Crippen LogP contribution in [0.3, 0.4) is 0 Å². The molecular weight excluding hydrogens is 713 g/mol. The van der Waals surface area contributed by atoms with E-state index in [2.05, 4.69) is 47.0 Å². The summed E-state index contributed by atoms with van der Waals surface area (Å²) in [4.78, 5) is 13.6. The zero-order valence-electron chi connectivity index (χ0n) is 25.3. The molecule has 0 saturated carbocycles. The van der Waals surface area contributed by atoms with Crippen LogP contribution in [0.4, 0.5) is 36.8 Å². The second kappa shape index (κ2) is 14.1. The molecular formula is C37H30BrF6N2OP. The van der Waals surface area contributed by atoms with Crippen LogP contribution in [0.25, 0.3) is 0 Å². The first kappa shape index (κ1) is 35.2. The summed E-state index contributed by atoms with van der Waals surface area (Å²) in [6, 6.07) is 37.6. The second-order valence-corrected chi connectivity index (χ2v) is 15.3. The van der Waals surface area contributed by atoms with Crippen molar-refractivity contribution in [1.82, 2.24) is 5.32 Å². The molecule has 1 aliphatic rings. The SMILES string of the molecule is O=C(Nc1cc(C(F)(F)F)cc(C(F)(F)F)c1)N[C@H]1c2ccccc2C[C@@H]1[P+](Cc1ccccc1)(c1ccccc1)c1ccccc1.[Br-]. The molecule has 0 fully saturated rings. The van der Waals surface area contributed by atoms with E-state index in [4.69, 9.17) is 0 Å². The van der Waals surface area contributed by atoms with E-state index in [1.807, 2.05) is 78.9 Å². The molecule has 2 N–H and O–H groups in total. The first-order valence-electron chi connectivity index (χ1n) is 14.9. The first-order chi connectivity index (χ1) is 22.4. The van der Waals surface area contributed by atoms with Gasteiger partial charge < -0.3 is 27.6 Å². The molecule has 3 nitrogen and oxygen atoms in total. The third-order valence-electron chi connectivity index (χ3n) is 8.61. The van der Waals surface area contributed by atoms with Crippen molar-refractivity contribution in [2.45, 2.75) is 36.6 Å². The zero-order chi connectivity index (χ0) is 33.2. The van der Waals surface area contributed by atoms with Gasteiger partial charge in [-0.05, 0) is 59.2 Å². The number of hydrogen-bond donors (Lipinski definition) is 2. The van der Waals surface area contributed by atoms with Gasteiger partial charge in [0.2, 0.25) is 0 Å². The number of nitrogens with one attached hydrogen (secondary N) is 2. The number of rotatable bonds is 7. The van der Waals surface area contributed by atoms with E-state index < -0.39 is 48.5 Å². The maximum Gasteiger partial charge on any atom is 0.416 e. The Balaban J connectivity index is 0.00000451. The Morgan fingerprint density at radius 2 is 1.15 bits per heavy atom. The van der Waals surface area contributed by atoms with Gasteiger partial charge in [0, 0.05) is 12.1 Å². The number of hydrogen-bond acceptors (Lipinski definition) is 1. The summed E-state index contributed by atoms with van der Waals surface area (Å²) in [7, 11) is -2.45. The van der Waals surface area contributed by atoms with Crippen molar-refractivity contribution in [3.63, 3.8) is 0 Å². The molecule has 2 amide bonds. The molecule has 0 saturated heterocycles. The summed E-state index contributed by atoms with van der Waals surface area (Å²) in [6.07, 6.45) is -8.82. The predicted molar refractivity (Wildman–Crippen MR) is 174 cm³/mol. The van der Waals surface area contributed by atoms with E-state index in [0.717, 1.165) is 27.3 Å². The van der Waals surface area contributed by atoms with E-state index in [-0.39, 0.29) is 28.7 Å². The van der Waals surface area contributed by atoms with Gasteiger partial charge in [0.25, 0.3) is 0 Å². The van der Waals surface area contributed by atoms with Crippen LogP contribution in [0.15, 0.2) is 133 Å². The summed E-state index contributed by atoms with van der Waals surface area (Å²) in [5.74, 6) is 0. The van der Waals surface area contributed by atoms with Crippen LogP contribution >= 0.6 is 7.26 Å². The summed E-state index contributed by atoms with van der Waals surface area (Å²) < 4.78 is 81.3. The largest absolute Gasteiger partial charge is 1.00 e. The fraction of sp³-hybridized carbons (Fsp3) is 0.162. The average Bonchev–Trinajstić information content (AvgIpc) is 3.42. The zero-order valence-corrected chi connectivity index (χ0v) is 27.8. The van der Waals surface area contributed by atoms with E-state index >= 15 is 0 Å². The minimum atomic E-state index is -5.05. The highest BCUT2D eigenvalue weighted by atomic mass is 79.9. The molecule has 0 unspecified atom stereocenters. The minimum absolute atomic E-state index is 0. The normalized spacial score (nSPS) is 16.0. The smallest absolute Gasteiger partial charge is 0.416 e. The number of fused-ring (bicyclic) bond motifs is 1. The van der Waals surface area contributed by atoms with Crippen LogP contribution in [0.1, 0.15) is 33.9 Å². The summed E-state index contributed by atoms with van der Waals surface area (Å²) in [5.41, 5.74) is -0.828. The number of anilines is 1. The van der Waals surface area contributed by atoms with Crippen molar-refractivity contribution >= 4 is 29.6 Å². The average molecular weight is 744 g/mol. The fourth-order valence-electron chi connectivity index (χ4n) is 6.58. The lowest BCUT2D eigenvalue weighted by atomic mass is 10.1. The Hall–Kier alpha value is -4.14. The number of alkyl halides is 6. The van der Waals surface area contributed by atoms with Crippen molar-refractivity contribution in [1.29, 1.82) is 0 Å². The van der Waals surface area contributed by atoms with Crippen LogP contribution in [0, 0.1) is 0 Å². The summed E-state index contributed by atoms with van der Waals surface area (Å²) in [5, 5.41) is 7.52.